The Balaban J connectivity index is 1.07. The number of carbonyl (C=O) groups excluding carboxylic acids is 12. The van der Waals surface area contributed by atoms with Crippen LogP contribution in [0.4, 0.5) is 0 Å². The number of hydrogen-bond donors (Lipinski definition) is 17. The lowest BCUT2D eigenvalue weighted by Gasteiger charge is -2.33. The summed E-state index contributed by atoms with van der Waals surface area (Å²) in [7, 11) is 0. The number of likely N-dealkylation sites (tertiary alicyclic amines) is 2. The van der Waals surface area contributed by atoms with Gasteiger partial charge in [-0.2, -0.15) is 0 Å². The molecule has 12 amide bonds. The Bertz CT molecular complexity index is 3800. The van der Waals surface area contributed by atoms with Crippen molar-refractivity contribution in [3.63, 3.8) is 0 Å². The first-order valence-corrected chi connectivity index (χ1v) is 33.6. The molecule has 32 heteroatoms. The molecular formula is C70H90N14O18. The van der Waals surface area contributed by atoms with Crippen molar-refractivity contribution in [2.24, 2.45) is 17.4 Å². The van der Waals surface area contributed by atoms with Gasteiger partial charge in [0.05, 0.1) is 25.8 Å². The molecule has 2 fully saturated rings. The van der Waals surface area contributed by atoms with Crippen molar-refractivity contribution in [2.75, 3.05) is 32.8 Å². The predicted molar refractivity (Wildman–Crippen MR) is 367 cm³/mol. The molecule has 0 aliphatic carbocycles. The average Bonchev–Trinajstić information content (AvgIpc) is 1.60. The van der Waals surface area contributed by atoms with Crippen LogP contribution < -0.4 is 59.3 Å². The number of carbonyl (C=O) groups is 13. The van der Waals surface area contributed by atoms with Crippen molar-refractivity contribution in [2.45, 2.75) is 158 Å². The quantitative estimate of drug-likeness (QED) is 0.0198. The Morgan fingerprint density at radius 3 is 1.61 bits per heavy atom. The number of nitrogens with two attached hydrogens (primary N) is 2. The van der Waals surface area contributed by atoms with Gasteiger partial charge in [0.1, 0.15) is 71.9 Å². The monoisotopic (exact) mass is 1410 g/mol. The third-order valence-electron chi connectivity index (χ3n) is 17.9. The number of carboxylic acid groups (broad SMARTS) is 1. The number of aliphatic carboxylic acids is 1. The number of aromatic amines is 1. The molecule has 2 aliphatic heterocycles. The summed E-state index contributed by atoms with van der Waals surface area (Å²) >= 11 is 0. The van der Waals surface area contributed by atoms with Crippen molar-refractivity contribution in [1.82, 2.24) is 62.6 Å². The number of aliphatic hydroxyl groups excluding tert-OH is 2. The number of rotatable bonds is 36. The van der Waals surface area contributed by atoms with Crippen molar-refractivity contribution in [1.29, 1.82) is 0 Å². The third-order valence-corrected chi connectivity index (χ3v) is 17.9. The lowest BCUT2D eigenvalue weighted by molar-refractivity contribution is -0.145. The fourth-order valence-corrected chi connectivity index (χ4v) is 12.1. The van der Waals surface area contributed by atoms with Crippen LogP contribution in [-0.4, -0.2) is 216 Å². The summed E-state index contributed by atoms with van der Waals surface area (Å²) < 4.78 is 0. The molecule has 0 saturated carbocycles. The molecule has 0 bridgehead atoms. The van der Waals surface area contributed by atoms with E-state index in [9.17, 15) is 83.1 Å². The Hall–Kier alpha value is -11.0. The molecule has 102 heavy (non-hydrogen) atoms. The van der Waals surface area contributed by atoms with E-state index in [0.717, 1.165) is 0 Å². The number of primary amides is 1. The van der Waals surface area contributed by atoms with Gasteiger partial charge in [0, 0.05) is 62.3 Å². The highest BCUT2D eigenvalue weighted by atomic mass is 16.4. The number of H-pyrrole nitrogens is 1. The number of benzene rings is 4. The fraction of sp³-hybridized carbons (Fsp3) is 0.443. The maximum Gasteiger partial charge on any atom is 0.326 e. The highest BCUT2D eigenvalue weighted by molar-refractivity contribution is 6.00. The molecule has 12 atom stereocenters. The SMILES string of the molecule is CC[C@H](C)[C@H](NC(=O)[C@@H](NC(=O)CN)[C@@H](C)O)C(=O)N[C@@H](CCC(N)=O)C(=O)N1CCC[C@H]1C(=O)N[C@@H](Cc1ccc(O)cc1)C(=O)N1CCC[C@H]1C(=O)N[C@@H](Cc1ccccc1)C(=O)N[C@@H](CO)C(=O)N[C@@H](Cc1c[nH]c2ccccc12)C(=O)NCC(=O)N[C@@H](Cc1ccc(O)cc1)C(=O)O. The number of amides is 12. The van der Waals surface area contributed by atoms with Crippen molar-refractivity contribution < 1.29 is 87.9 Å². The van der Waals surface area contributed by atoms with Gasteiger partial charge in [-0.3, -0.25) is 57.5 Å². The number of para-hydroxylation sites is 1. The third kappa shape index (κ3) is 22.0. The van der Waals surface area contributed by atoms with Crippen LogP contribution in [0.15, 0.2) is 109 Å². The van der Waals surface area contributed by atoms with Gasteiger partial charge in [0.15, 0.2) is 0 Å². The first kappa shape index (κ1) is 78.3. The standard InChI is InChI=1S/C70H90N14O18/c1-4-38(2)59(82-67(98)60(39(3)86)81-57(90)34-71)66(97)76-48(26-27-56(72)89)68(99)83-28-10-17-55(83)65(96)79-51(31-41-18-22-44(87)23-19-41)69(100)84-29-11-16-54(84)64(95)78-49(30-40-12-6-5-7-13-40)62(93)80-53(37-85)63(94)77-50(33-43-35-73-47-15-9-8-14-46(43)47)61(92)74-36-58(91)75-52(70(101)102)32-42-20-24-45(88)25-21-42/h5-9,12-15,18-25,35,38-39,48-55,59-60,73,85-88H,4,10-11,16-17,26-34,36-37,71H2,1-3H3,(H2,72,89)(H,74,92)(H,75,91)(H,76,97)(H,77,94)(H,78,95)(H,79,96)(H,80,93)(H,81,90)(H,82,98)(H,101,102)/t38-,39+,48-,49-,50-,51-,52-,53-,54-,55-,59-,60-/m0/s1. The molecule has 1 aromatic heterocycles. The average molecular weight is 1420 g/mol. The van der Waals surface area contributed by atoms with Crippen molar-refractivity contribution >= 4 is 87.8 Å². The van der Waals surface area contributed by atoms with Crippen molar-refractivity contribution in [3.05, 3.63) is 132 Å². The van der Waals surface area contributed by atoms with Crippen molar-refractivity contribution in [3.8, 4) is 11.5 Å². The molecular weight excluding hydrogens is 1320 g/mol. The Morgan fingerprint density at radius 1 is 0.549 bits per heavy atom. The number of phenolic OH excluding ortho intramolecular Hbond substituents is 2. The molecule has 2 aliphatic rings. The molecule has 2 saturated heterocycles. The highest BCUT2D eigenvalue weighted by Gasteiger charge is 2.44. The van der Waals surface area contributed by atoms with Crippen LogP contribution in [0.3, 0.4) is 0 Å². The van der Waals surface area contributed by atoms with E-state index in [1.165, 1.54) is 65.3 Å². The lowest BCUT2D eigenvalue weighted by Crippen LogP contribution is -2.61. The smallest absolute Gasteiger partial charge is 0.326 e. The van der Waals surface area contributed by atoms with Gasteiger partial charge in [-0.1, -0.05) is 93.1 Å². The number of fused-ring (bicyclic) bond motifs is 1. The summed E-state index contributed by atoms with van der Waals surface area (Å²) in [5.74, 6) is -12.6. The summed E-state index contributed by atoms with van der Waals surface area (Å²) in [5, 5.41) is 74.4. The summed E-state index contributed by atoms with van der Waals surface area (Å²) in [6.45, 7) is 2.29. The number of nitrogens with zero attached hydrogens (tertiary/aromatic N) is 2. The van der Waals surface area contributed by atoms with Crippen LogP contribution in [0.1, 0.15) is 88.0 Å². The summed E-state index contributed by atoms with van der Waals surface area (Å²) in [6.07, 6.45) is -0.345. The predicted octanol–water partition coefficient (Wildman–Crippen LogP) is -2.45. The van der Waals surface area contributed by atoms with Gasteiger partial charge < -0.3 is 99.6 Å². The van der Waals surface area contributed by atoms with E-state index in [4.69, 9.17) is 11.5 Å². The summed E-state index contributed by atoms with van der Waals surface area (Å²) in [6, 6.07) is 12.3. The van der Waals surface area contributed by atoms with E-state index in [1.807, 2.05) is 0 Å². The van der Waals surface area contributed by atoms with E-state index in [0.29, 0.717) is 39.6 Å². The summed E-state index contributed by atoms with van der Waals surface area (Å²) in [5.41, 5.74) is 13.6. The molecule has 32 nitrogen and oxygen atoms in total. The van der Waals surface area contributed by atoms with E-state index in [2.05, 4.69) is 52.8 Å². The van der Waals surface area contributed by atoms with E-state index >= 15 is 4.79 Å². The number of aromatic nitrogens is 1. The van der Waals surface area contributed by atoms with E-state index in [-0.39, 0.29) is 82.4 Å². The molecule has 5 aromatic rings. The second-order valence-electron chi connectivity index (χ2n) is 25.4. The minimum absolute atomic E-state index is 0.0155. The summed E-state index contributed by atoms with van der Waals surface area (Å²) in [4.78, 5) is 185. The van der Waals surface area contributed by atoms with Gasteiger partial charge in [-0.05, 0) is 97.5 Å². The van der Waals surface area contributed by atoms with Gasteiger partial charge >= 0.3 is 5.97 Å². The van der Waals surface area contributed by atoms with Crippen LogP contribution in [0, 0.1) is 5.92 Å². The molecule has 3 heterocycles. The lowest BCUT2D eigenvalue weighted by atomic mass is 9.96. The molecule has 4 aromatic carbocycles. The van der Waals surface area contributed by atoms with Crippen LogP contribution in [0.5, 0.6) is 11.5 Å². The van der Waals surface area contributed by atoms with Gasteiger partial charge in [0.2, 0.25) is 70.9 Å². The Kier molecular flexibility index (Phi) is 28.8. The number of phenols is 2. The highest BCUT2D eigenvalue weighted by Crippen LogP contribution is 2.25. The largest absolute Gasteiger partial charge is 0.508 e. The zero-order chi connectivity index (χ0) is 74.3. The zero-order valence-corrected chi connectivity index (χ0v) is 56.7. The maximum atomic E-state index is 15.1. The number of aromatic hydroxyl groups is 2. The first-order valence-electron chi connectivity index (χ1n) is 33.6. The molecule has 7 rings (SSSR count). The van der Waals surface area contributed by atoms with Gasteiger partial charge in [-0.25, -0.2) is 4.79 Å². The minimum Gasteiger partial charge on any atom is -0.508 e. The van der Waals surface area contributed by atoms with Crippen LogP contribution in [0.25, 0.3) is 10.9 Å². The number of aliphatic hydroxyl groups is 2. The second kappa shape index (κ2) is 37.4. The van der Waals surface area contributed by atoms with E-state index < -0.39 is 175 Å². The first-order chi connectivity index (χ1) is 48.7. The molecule has 0 spiro atoms. The van der Waals surface area contributed by atoms with Crippen LogP contribution >= 0.6 is 0 Å². The normalized spacial score (nSPS) is 17.1. The fourth-order valence-electron chi connectivity index (χ4n) is 12.1. The second-order valence-corrected chi connectivity index (χ2v) is 25.4. The Morgan fingerprint density at radius 2 is 1.05 bits per heavy atom. The molecule has 0 unspecified atom stereocenters. The Labute approximate surface area is 587 Å². The number of carboxylic acids is 1. The minimum atomic E-state index is -1.78. The topological polar surface area (TPSA) is 506 Å². The maximum absolute atomic E-state index is 15.1. The number of nitrogens with one attached hydrogen (secondary N) is 10. The zero-order valence-electron chi connectivity index (χ0n) is 56.7. The van der Waals surface area contributed by atoms with Crippen LogP contribution in [-0.2, 0) is 88.0 Å². The number of hydrogen-bond acceptors (Lipinski definition) is 18. The molecule has 548 valence electrons. The van der Waals surface area contributed by atoms with E-state index in [1.54, 1.807) is 74.6 Å². The van der Waals surface area contributed by atoms with Gasteiger partial charge in [0.25, 0.3) is 0 Å². The van der Waals surface area contributed by atoms with Crippen LogP contribution in [0.2, 0.25) is 0 Å². The molecule has 0 radical (unpaired) electrons. The van der Waals surface area contributed by atoms with Gasteiger partial charge in [-0.15, -0.1) is 0 Å². The molecule has 19 N–H and O–H groups in total.